The molecule has 1 fully saturated rings. The highest BCUT2D eigenvalue weighted by Crippen LogP contribution is 2.29. The lowest BCUT2D eigenvalue weighted by atomic mass is 9.81. The van der Waals surface area contributed by atoms with Gasteiger partial charge in [0.15, 0.2) is 0 Å². The van der Waals surface area contributed by atoms with E-state index in [-0.39, 0.29) is 0 Å². The highest BCUT2D eigenvalue weighted by molar-refractivity contribution is 5.16. The minimum absolute atomic E-state index is 0.303. The molecule has 1 aromatic rings. The summed E-state index contributed by atoms with van der Waals surface area (Å²) in [6.45, 7) is 9.37. The highest BCUT2D eigenvalue weighted by atomic mass is 15.2. The Morgan fingerprint density at radius 3 is 2.26 bits per heavy atom. The third-order valence-electron chi connectivity index (χ3n) is 4.29. The molecule has 1 heterocycles. The van der Waals surface area contributed by atoms with Crippen LogP contribution in [0.3, 0.4) is 0 Å². The van der Waals surface area contributed by atoms with Crippen LogP contribution in [0.5, 0.6) is 0 Å². The summed E-state index contributed by atoms with van der Waals surface area (Å²) in [5.41, 5.74) is 7.78. The zero-order valence-electron chi connectivity index (χ0n) is 12.6. The van der Waals surface area contributed by atoms with E-state index < -0.39 is 0 Å². The zero-order chi connectivity index (χ0) is 13.9. The molecular weight excluding hydrogens is 232 g/mol. The molecule has 2 N–H and O–H groups in total. The van der Waals surface area contributed by atoms with Crippen LogP contribution in [0, 0.1) is 5.41 Å². The second-order valence-corrected chi connectivity index (χ2v) is 6.94. The Hall–Kier alpha value is -0.860. The fraction of sp³-hybridized carbons (Fsp3) is 0.647. The Labute approximate surface area is 118 Å². The standard InChI is InChI=1S/C17H28N2/c1-17(2,3)16(13-14-7-5-4-6-8-14)19-11-9-15(18)10-12-19/h4-8,15-16H,9-13,18H2,1-3H3. The summed E-state index contributed by atoms with van der Waals surface area (Å²) in [7, 11) is 0. The molecule has 0 amide bonds. The minimum Gasteiger partial charge on any atom is -0.328 e. The van der Waals surface area contributed by atoms with Crippen LogP contribution < -0.4 is 5.73 Å². The van der Waals surface area contributed by atoms with Crippen LogP contribution in [0.4, 0.5) is 0 Å². The molecule has 1 aromatic carbocycles. The van der Waals surface area contributed by atoms with Crippen LogP contribution in [0.1, 0.15) is 39.2 Å². The second-order valence-electron chi connectivity index (χ2n) is 6.94. The quantitative estimate of drug-likeness (QED) is 0.905. The molecule has 2 nitrogen and oxygen atoms in total. The van der Waals surface area contributed by atoms with Gasteiger partial charge in [-0.25, -0.2) is 0 Å². The molecule has 0 saturated carbocycles. The summed E-state index contributed by atoms with van der Waals surface area (Å²) >= 11 is 0. The van der Waals surface area contributed by atoms with Crippen LogP contribution in [-0.2, 0) is 6.42 Å². The van der Waals surface area contributed by atoms with Crippen molar-refractivity contribution in [3.05, 3.63) is 35.9 Å². The number of hydrogen-bond acceptors (Lipinski definition) is 2. The lowest BCUT2D eigenvalue weighted by Gasteiger charge is -2.43. The lowest BCUT2D eigenvalue weighted by molar-refractivity contribution is 0.0748. The first-order valence-electron chi connectivity index (χ1n) is 7.50. The van der Waals surface area contributed by atoms with Crippen molar-refractivity contribution in [3.63, 3.8) is 0 Å². The topological polar surface area (TPSA) is 29.3 Å². The van der Waals surface area contributed by atoms with Gasteiger partial charge in [0.05, 0.1) is 0 Å². The molecule has 0 radical (unpaired) electrons. The van der Waals surface area contributed by atoms with E-state index in [4.69, 9.17) is 5.73 Å². The largest absolute Gasteiger partial charge is 0.328 e. The maximum atomic E-state index is 6.03. The van der Waals surface area contributed by atoms with Crippen molar-refractivity contribution in [2.75, 3.05) is 13.1 Å². The third-order valence-corrected chi connectivity index (χ3v) is 4.29. The Morgan fingerprint density at radius 1 is 1.16 bits per heavy atom. The van der Waals surface area contributed by atoms with Crippen molar-refractivity contribution < 1.29 is 0 Å². The maximum absolute atomic E-state index is 6.03. The van der Waals surface area contributed by atoms with Gasteiger partial charge in [0.1, 0.15) is 0 Å². The van der Waals surface area contributed by atoms with Gasteiger partial charge in [-0.15, -0.1) is 0 Å². The van der Waals surface area contributed by atoms with E-state index in [1.165, 1.54) is 5.56 Å². The van der Waals surface area contributed by atoms with E-state index in [0.29, 0.717) is 17.5 Å². The van der Waals surface area contributed by atoms with Gasteiger partial charge in [-0.05, 0) is 43.3 Å². The van der Waals surface area contributed by atoms with E-state index in [2.05, 4.69) is 56.0 Å². The van der Waals surface area contributed by atoms with Crippen LogP contribution >= 0.6 is 0 Å². The predicted octanol–water partition coefficient (Wildman–Crippen LogP) is 3.07. The van der Waals surface area contributed by atoms with E-state index in [9.17, 15) is 0 Å². The molecule has 19 heavy (non-hydrogen) atoms. The lowest BCUT2D eigenvalue weighted by Crippen LogP contribution is -2.50. The molecule has 1 aliphatic heterocycles. The summed E-state index contributed by atoms with van der Waals surface area (Å²) in [6.07, 6.45) is 3.42. The van der Waals surface area contributed by atoms with Crippen molar-refractivity contribution in [2.24, 2.45) is 11.1 Å². The first-order valence-corrected chi connectivity index (χ1v) is 7.50. The Bertz CT molecular complexity index is 372. The van der Waals surface area contributed by atoms with Gasteiger partial charge < -0.3 is 5.73 Å². The Balaban J connectivity index is 2.08. The van der Waals surface area contributed by atoms with Gasteiger partial charge in [-0.3, -0.25) is 4.90 Å². The molecule has 1 unspecified atom stereocenters. The Kier molecular flexibility index (Phi) is 4.64. The zero-order valence-corrected chi connectivity index (χ0v) is 12.6. The summed E-state index contributed by atoms with van der Waals surface area (Å²) in [5.74, 6) is 0. The van der Waals surface area contributed by atoms with Crippen molar-refractivity contribution in [1.82, 2.24) is 4.90 Å². The van der Waals surface area contributed by atoms with E-state index in [1.807, 2.05) is 0 Å². The normalized spacial score (nSPS) is 20.4. The summed E-state index contributed by atoms with van der Waals surface area (Å²) in [6, 6.07) is 11.9. The molecule has 106 valence electrons. The van der Waals surface area contributed by atoms with Crippen molar-refractivity contribution in [3.8, 4) is 0 Å². The predicted molar refractivity (Wildman–Crippen MR) is 82.2 cm³/mol. The van der Waals surface area contributed by atoms with Gasteiger partial charge in [0.2, 0.25) is 0 Å². The number of likely N-dealkylation sites (tertiary alicyclic amines) is 1. The minimum atomic E-state index is 0.303. The van der Waals surface area contributed by atoms with Crippen molar-refractivity contribution in [2.45, 2.75) is 52.1 Å². The van der Waals surface area contributed by atoms with Crippen LogP contribution in [0.25, 0.3) is 0 Å². The molecule has 0 aromatic heterocycles. The van der Waals surface area contributed by atoms with E-state index >= 15 is 0 Å². The SMILES string of the molecule is CC(C)(C)C(Cc1ccccc1)N1CCC(N)CC1. The maximum Gasteiger partial charge on any atom is 0.0184 e. The van der Waals surface area contributed by atoms with E-state index in [0.717, 1.165) is 32.4 Å². The van der Waals surface area contributed by atoms with Crippen LogP contribution in [0.15, 0.2) is 30.3 Å². The van der Waals surface area contributed by atoms with E-state index in [1.54, 1.807) is 0 Å². The van der Waals surface area contributed by atoms with Gasteiger partial charge in [0.25, 0.3) is 0 Å². The molecule has 1 atom stereocenters. The number of rotatable bonds is 3. The first-order chi connectivity index (χ1) is 8.97. The Morgan fingerprint density at radius 2 is 1.74 bits per heavy atom. The molecule has 2 rings (SSSR count). The number of nitrogens with zero attached hydrogens (tertiary/aromatic N) is 1. The monoisotopic (exact) mass is 260 g/mol. The fourth-order valence-corrected chi connectivity index (χ4v) is 3.05. The molecular formula is C17H28N2. The number of hydrogen-bond donors (Lipinski definition) is 1. The highest BCUT2D eigenvalue weighted by Gasteiger charge is 2.32. The molecule has 2 heteroatoms. The second kappa shape index (κ2) is 6.06. The van der Waals surface area contributed by atoms with Gasteiger partial charge in [-0.1, -0.05) is 51.1 Å². The number of nitrogens with two attached hydrogens (primary N) is 1. The van der Waals surface area contributed by atoms with Crippen molar-refractivity contribution in [1.29, 1.82) is 0 Å². The number of piperidine rings is 1. The fourth-order valence-electron chi connectivity index (χ4n) is 3.05. The molecule has 0 spiro atoms. The summed E-state index contributed by atoms with van der Waals surface area (Å²) in [5, 5.41) is 0. The average Bonchev–Trinajstić information content (AvgIpc) is 2.37. The molecule has 1 saturated heterocycles. The molecule has 0 bridgehead atoms. The number of benzene rings is 1. The van der Waals surface area contributed by atoms with Gasteiger partial charge in [0, 0.05) is 12.1 Å². The smallest absolute Gasteiger partial charge is 0.0184 e. The third kappa shape index (κ3) is 4.05. The van der Waals surface area contributed by atoms with Crippen molar-refractivity contribution >= 4 is 0 Å². The molecule has 0 aliphatic carbocycles. The molecule has 1 aliphatic rings. The van der Waals surface area contributed by atoms with Crippen LogP contribution in [-0.4, -0.2) is 30.1 Å². The summed E-state index contributed by atoms with van der Waals surface area (Å²) < 4.78 is 0. The first kappa shape index (κ1) is 14.5. The van der Waals surface area contributed by atoms with Gasteiger partial charge in [-0.2, -0.15) is 0 Å². The van der Waals surface area contributed by atoms with Crippen LogP contribution in [0.2, 0.25) is 0 Å². The summed E-state index contributed by atoms with van der Waals surface area (Å²) in [4.78, 5) is 2.65. The average molecular weight is 260 g/mol. The van der Waals surface area contributed by atoms with Gasteiger partial charge >= 0.3 is 0 Å².